The Morgan fingerprint density at radius 1 is 1.30 bits per heavy atom. The van der Waals surface area contributed by atoms with Crippen molar-refractivity contribution in [1.82, 2.24) is 4.57 Å². The molecule has 0 bridgehead atoms. The van der Waals surface area contributed by atoms with Gasteiger partial charge in [0.25, 0.3) is 5.82 Å². The first kappa shape index (κ1) is 14.3. The van der Waals surface area contributed by atoms with Gasteiger partial charge in [0, 0.05) is 20.3 Å². The number of hydrogen-bond acceptors (Lipinski definition) is 2. The molecular formula is C16H21N2O2+. The van der Waals surface area contributed by atoms with E-state index in [0.717, 1.165) is 19.5 Å². The van der Waals surface area contributed by atoms with Crippen molar-refractivity contribution in [3.63, 3.8) is 0 Å². The number of aryl methyl sites for hydroxylation is 1. The lowest BCUT2D eigenvalue weighted by atomic mass is 10.2. The monoisotopic (exact) mass is 273 g/mol. The molecule has 0 saturated carbocycles. The average molecular weight is 273 g/mol. The number of nitrogens with zero attached hydrogens (tertiary/aromatic N) is 2. The van der Waals surface area contributed by atoms with Crippen molar-refractivity contribution in [2.24, 2.45) is 0 Å². The van der Waals surface area contributed by atoms with E-state index < -0.39 is 0 Å². The molecule has 106 valence electrons. The Kier molecular flexibility index (Phi) is 4.93. The minimum Gasteiger partial charge on any atom is -0.466 e. The van der Waals surface area contributed by atoms with Crippen molar-refractivity contribution in [1.29, 1.82) is 0 Å². The summed E-state index contributed by atoms with van der Waals surface area (Å²) in [6.07, 6.45) is 5.00. The van der Waals surface area contributed by atoms with E-state index >= 15 is 0 Å². The summed E-state index contributed by atoms with van der Waals surface area (Å²) in [5.74, 6) is 0.991. The van der Waals surface area contributed by atoms with Gasteiger partial charge >= 0.3 is 5.97 Å². The number of carbonyl (C=O) groups is 1. The largest absolute Gasteiger partial charge is 0.466 e. The minimum atomic E-state index is -0.214. The quantitative estimate of drug-likeness (QED) is 0.459. The maximum atomic E-state index is 10.7. The highest BCUT2D eigenvalue weighted by Crippen LogP contribution is 2.01. The lowest BCUT2D eigenvalue weighted by Crippen LogP contribution is -2.36. The van der Waals surface area contributed by atoms with Gasteiger partial charge in [0.2, 0.25) is 0 Å². The first-order chi connectivity index (χ1) is 9.66. The van der Waals surface area contributed by atoms with Gasteiger partial charge in [-0.25, -0.2) is 9.13 Å². The molecule has 2 aromatic rings. The molecule has 0 N–H and O–H groups in total. The second-order valence-electron chi connectivity index (χ2n) is 4.85. The van der Waals surface area contributed by atoms with Crippen LogP contribution in [0.4, 0.5) is 0 Å². The van der Waals surface area contributed by atoms with Crippen LogP contribution < -0.4 is 4.57 Å². The van der Waals surface area contributed by atoms with Crippen LogP contribution in [-0.4, -0.2) is 17.1 Å². The molecule has 0 spiro atoms. The van der Waals surface area contributed by atoms with Gasteiger partial charge in [0.1, 0.15) is 18.9 Å². The summed E-state index contributed by atoms with van der Waals surface area (Å²) in [5, 5.41) is 0. The van der Waals surface area contributed by atoms with Gasteiger partial charge < -0.3 is 4.74 Å². The van der Waals surface area contributed by atoms with Gasteiger partial charge in [-0.15, -0.1) is 0 Å². The van der Waals surface area contributed by atoms with Gasteiger partial charge in [-0.3, -0.25) is 4.79 Å². The molecule has 1 aromatic carbocycles. The second kappa shape index (κ2) is 6.89. The third-order valence-corrected chi connectivity index (χ3v) is 3.30. The van der Waals surface area contributed by atoms with Gasteiger partial charge in [-0.1, -0.05) is 30.3 Å². The summed E-state index contributed by atoms with van der Waals surface area (Å²) < 4.78 is 9.36. The molecular weight excluding hydrogens is 252 g/mol. The Labute approximate surface area is 119 Å². The van der Waals surface area contributed by atoms with Crippen molar-refractivity contribution in [3.05, 3.63) is 54.1 Å². The predicted molar refractivity (Wildman–Crippen MR) is 76.2 cm³/mol. The van der Waals surface area contributed by atoms with E-state index in [2.05, 4.69) is 52.7 Å². The van der Waals surface area contributed by atoms with E-state index in [1.807, 2.05) is 6.07 Å². The van der Waals surface area contributed by atoms with E-state index in [9.17, 15) is 4.79 Å². The number of hydrogen-bond donors (Lipinski definition) is 0. The molecule has 0 radical (unpaired) electrons. The van der Waals surface area contributed by atoms with Crippen molar-refractivity contribution in [2.45, 2.75) is 33.4 Å². The highest BCUT2D eigenvalue weighted by atomic mass is 16.5. The molecule has 1 heterocycles. The van der Waals surface area contributed by atoms with E-state index in [4.69, 9.17) is 4.74 Å². The molecule has 0 fully saturated rings. The van der Waals surface area contributed by atoms with Gasteiger partial charge in [-0.05, 0) is 5.56 Å². The zero-order chi connectivity index (χ0) is 14.4. The van der Waals surface area contributed by atoms with Crippen molar-refractivity contribution < 1.29 is 14.1 Å². The fourth-order valence-electron chi connectivity index (χ4n) is 2.18. The molecule has 0 amide bonds. The summed E-state index contributed by atoms with van der Waals surface area (Å²) in [5.41, 5.74) is 1.29. The number of imidazole rings is 1. The minimum absolute atomic E-state index is 0.214. The van der Waals surface area contributed by atoms with Gasteiger partial charge in [-0.2, -0.15) is 0 Å². The van der Waals surface area contributed by atoms with E-state index in [1.54, 1.807) is 0 Å². The molecule has 0 aliphatic carbocycles. The van der Waals surface area contributed by atoms with Gasteiger partial charge in [0.05, 0.1) is 13.2 Å². The number of aromatic nitrogens is 2. The molecule has 20 heavy (non-hydrogen) atoms. The SMILES string of the molecule is CC(=O)OCCCn1cc[n+](Cc2ccccc2)c1C. The Morgan fingerprint density at radius 2 is 2.05 bits per heavy atom. The first-order valence-electron chi connectivity index (χ1n) is 6.89. The molecule has 0 saturated heterocycles. The van der Waals surface area contributed by atoms with Crippen LogP contribution in [0.25, 0.3) is 0 Å². The zero-order valence-corrected chi connectivity index (χ0v) is 12.1. The summed E-state index contributed by atoms with van der Waals surface area (Å²) >= 11 is 0. The van der Waals surface area contributed by atoms with Crippen LogP contribution in [-0.2, 0) is 22.6 Å². The fourth-order valence-corrected chi connectivity index (χ4v) is 2.18. The lowest BCUT2D eigenvalue weighted by molar-refractivity contribution is -0.694. The summed E-state index contributed by atoms with van der Waals surface area (Å²) in [6.45, 7) is 5.76. The van der Waals surface area contributed by atoms with E-state index in [0.29, 0.717) is 6.61 Å². The Morgan fingerprint density at radius 3 is 2.75 bits per heavy atom. The fraction of sp³-hybridized carbons (Fsp3) is 0.375. The number of carbonyl (C=O) groups excluding carboxylic acids is 1. The zero-order valence-electron chi connectivity index (χ0n) is 12.1. The smallest absolute Gasteiger partial charge is 0.302 e. The van der Waals surface area contributed by atoms with E-state index in [1.165, 1.54) is 18.3 Å². The average Bonchev–Trinajstić information content (AvgIpc) is 2.77. The van der Waals surface area contributed by atoms with Crippen LogP contribution in [0.2, 0.25) is 0 Å². The Bertz CT molecular complexity index is 561. The van der Waals surface area contributed by atoms with Gasteiger partial charge in [0.15, 0.2) is 0 Å². The van der Waals surface area contributed by atoms with Crippen LogP contribution in [0.1, 0.15) is 24.7 Å². The molecule has 0 atom stereocenters. The normalized spacial score (nSPS) is 10.5. The molecule has 0 unspecified atom stereocenters. The maximum Gasteiger partial charge on any atom is 0.302 e. The number of rotatable bonds is 6. The summed E-state index contributed by atoms with van der Waals surface area (Å²) in [4.78, 5) is 10.7. The molecule has 0 aliphatic rings. The van der Waals surface area contributed by atoms with Crippen LogP contribution in [0.15, 0.2) is 42.7 Å². The van der Waals surface area contributed by atoms with Crippen molar-refractivity contribution in [2.75, 3.05) is 6.61 Å². The number of ether oxygens (including phenoxy) is 1. The predicted octanol–water partition coefficient (Wildman–Crippen LogP) is 2.09. The Hall–Kier alpha value is -2.10. The lowest BCUT2D eigenvalue weighted by Gasteiger charge is -2.02. The highest BCUT2D eigenvalue weighted by Gasteiger charge is 2.12. The highest BCUT2D eigenvalue weighted by molar-refractivity contribution is 5.65. The standard InChI is InChI=1S/C16H21N2O2/c1-14-17(9-6-12-20-15(2)19)10-11-18(14)13-16-7-4-3-5-8-16/h3-5,7-8,10-11H,6,9,12-13H2,1-2H3/q+1. The summed E-state index contributed by atoms with van der Waals surface area (Å²) in [6, 6.07) is 10.4. The van der Waals surface area contributed by atoms with Crippen LogP contribution in [0.5, 0.6) is 0 Å². The summed E-state index contributed by atoms with van der Waals surface area (Å²) in [7, 11) is 0. The number of benzene rings is 1. The maximum absolute atomic E-state index is 10.7. The van der Waals surface area contributed by atoms with Crippen LogP contribution >= 0.6 is 0 Å². The first-order valence-corrected chi connectivity index (χ1v) is 6.89. The van der Waals surface area contributed by atoms with E-state index in [-0.39, 0.29) is 5.97 Å². The topological polar surface area (TPSA) is 35.1 Å². The van der Waals surface area contributed by atoms with Crippen LogP contribution in [0.3, 0.4) is 0 Å². The van der Waals surface area contributed by atoms with Crippen LogP contribution in [0, 0.1) is 6.92 Å². The second-order valence-corrected chi connectivity index (χ2v) is 4.85. The molecule has 1 aromatic heterocycles. The molecule has 4 heteroatoms. The Balaban J connectivity index is 1.92. The molecule has 2 rings (SSSR count). The molecule has 4 nitrogen and oxygen atoms in total. The third kappa shape index (κ3) is 3.95. The van der Waals surface area contributed by atoms with Crippen molar-refractivity contribution in [3.8, 4) is 0 Å². The third-order valence-electron chi connectivity index (χ3n) is 3.30. The number of esters is 1. The molecule has 0 aliphatic heterocycles. The van der Waals surface area contributed by atoms with Crippen molar-refractivity contribution >= 4 is 5.97 Å².